The Bertz CT molecular complexity index is 1990. The van der Waals surface area contributed by atoms with E-state index in [2.05, 4.69) is 122 Å². The number of thioether (sulfide) groups is 1. The summed E-state index contributed by atoms with van der Waals surface area (Å²) in [6.45, 7) is 10.5. The molecule has 0 aliphatic carbocycles. The van der Waals surface area contributed by atoms with Gasteiger partial charge >= 0.3 is 0 Å². The largest absolute Gasteiger partial charge is 0.496 e. The van der Waals surface area contributed by atoms with E-state index in [-0.39, 0.29) is 0 Å². The van der Waals surface area contributed by atoms with E-state index in [4.69, 9.17) is 19.2 Å². The van der Waals surface area contributed by atoms with Gasteiger partial charge < -0.3 is 19.1 Å². The number of ether oxygens (including phenoxy) is 3. The van der Waals surface area contributed by atoms with E-state index >= 15 is 0 Å². The number of hydrogen-bond donors (Lipinski definition) is 0. The first-order chi connectivity index (χ1) is 26.4. The van der Waals surface area contributed by atoms with E-state index in [1.807, 2.05) is 6.20 Å². The number of aryl methyl sites for hydroxylation is 2. The summed E-state index contributed by atoms with van der Waals surface area (Å²) < 4.78 is 17.3. The van der Waals surface area contributed by atoms with Gasteiger partial charge in [-0.15, -0.1) is 11.8 Å². The highest BCUT2D eigenvalue weighted by molar-refractivity contribution is 7.98. The second-order valence-corrected chi connectivity index (χ2v) is 15.3. The minimum Gasteiger partial charge on any atom is -0.496 e. The SMILES string of the molecule is CCCc1cc(-c2cccc(CN3CCC(N(Cc4ccnc(-c5cc(CCC)c(OC)c(OC)c5)c4)c4ccc(SC)cc4)CC3)c2)cc(OC)c1C. The standard InChI is InChI=1S/C47H57N3O3S/c1-8-11-36-27-39(29-45(51-4)33(36)3)37-14-10-13-34(25-37)31-49-23-20-42(21-24-49)50(41-15-17-43(54-7)18-16-41)32-35-19-22-48-44(26-35)40-28-38(12-9-2)47(53-6)46(30-40)52-5/h10,13-19,22,25-30,42H,8-9,11-12,20-21,23-24,31-32H2,1-7H3. The van der Waals surface area contributed by atoms with Crippen LogP contribution in [0, 0.1) is 6.92 Å². The molecule has 6 rings (SSSR count). The number of piperidine rings is 1. The van der Waals surface area contributed by atoms with Crippen molar-refractivity contribution in [1.82, 2.24) is 9.88 Å². The van der Waals surface area contributed by atoms with Crippen molar-refractivity contribution in [2.24, 2.45) is 0 Å². The van der Waals surface area contributed by atoms with Gasteiger partial charge in [0.2, 0.25) is 0 Å². The number of methoxy groups -OCH3 is 3. The zero-order valence-corrected chi connectivity index (χ0v) is 34.1. The highest BCUT2D eigenvalue weighted by Crippen LogP contribution is 2.37. The van der Waals surface area contributed by atoms with E-state index in [9.17, 15) is 0 Å². The van der Waals surface area contributed by atoms with Crippen molar-refractivity contribution in [3.63, 3.8) is 0 Å². The van der Waals surface area contributed by atoms with Crippen molar-refractivity contribution in [3.05, 3.63) is 119 Å². The molecule has 1 aliphatic heterocycles. The Kier molecular flexibility index (Phi) is 13.6. The molecule has 0 radical (unpaired) electrons. The fourth-order valence-electron chi connectivity index (χ4n) is 7.93. The number of likely N-dealkylation sites (tertiary alicyclic amines) is 1. The molecule has 4 aromatic carbocycles. The smallest absolute Gasteiger partial charge is 0.163 e. The number of nitrogens with zero attached hydrogens (tertiary/aromatic N) is 3. The summed E-state index contributed by atoms with van der Waals surface area (Å²) in [5.74, 6) is 2.53. The Morgan fingerprint density at radius 2 is 1.44 bits per heavy atom. The molecule has 7 heteroatoms. The minimum atomic E-state index is 0.429. The zero-order valence-electron chi connectivity index (χ0n) is 33.3. The average Bonchev–Trinajstić information content (AvgIpc) is 3.21. The third kappa shape index (κ3) is 9.24. The number of hydrogen-bond acceptors (Lipinski definition) is 7. The molecule has 0 bridgehead atoms. The molecule has 6 nitrogen and oxygen atoms in total. The van der Waals surface area contributed by atoms with Gasteiger partial charge in [0.15, 0.2) is 11.5 Å². The van der Waals surface area contributed by atoms with Crippen molar-refractivity contribution >= 4 is 17.4 Å². The van der Waals surface area contributed by atoms with Crippen LogP contribution in [0.15, 0.2) is 96.0 Å². The number of benzene rings is 4. The van der Waals surface area contributed by atoms with Crippen LogP contribution in [-0.4, -0.2) is 56.6 Å². The normalized spacial score (nSPS) is 13.5. The second-order valence-electron chi connectivity index (χ2n) is 14.4. The first-order valence-electron chi connectivity index (χ1n) is 19.5. The van der Waals surface area contributed by atoms with Gasteiger partial charge in [0.25, 0.3) is 0 Å². The summed E-state index contributed by atoms with van der Waals surface area (Å²) in [7, 11) is 5.19. The molecule has 2 heterocycles. The van der Waals surface area contributed by atoms with E-state index in [1.54, 1.807) is 33.1 Å². The monoisotopic (exact) mass is 743 g/mol. The van der Waals surface area contributed by atoms with Crippen molar-refractivity contribution < 1.29 is 14.2 Å². The maximum atomic E-state index is 5.79. The van der Waals surface area contributed by atoms with Crippen LogP contribution in [0.25, 0.3) is 22.4 Å². The van der Waals surface area contributed by atoms with E-state index in [1.165, 1.54) is 44.0 Å². The summed E-state index contributed by atoms with van der Waals surface area (Å²) >= 11 is 1.79. The third-order valence-electron chi connectivity index (χ3n) is 10.8. The predicted octanol–water partition coefficient (Wildman–Crippen LogP) is 11.0. The Labute approximate surface area is 327 Å². The van der Waals surface area contributed by atoms with Crippen molar-refractivity contribution in [3.8, 4) is 39.6 Å². The molecule has 54 heavy (non-hydrogen) atoms. The van der Waals surface area contributed by atoms with Crippen LogP contribution in [0.2, 0.25) is 0 Å². The Morgan fingerprint density at radius 1 is 0.741 bits per heavy atom. The lowest BCUT2D eigenvalue weighted by Crippen LogP contribution is -2.44. The molecule has 0 unspecified atom stereocenters. The predicted molar refractivity (Wildman–Crippen MR) is 227 cm³/mol. The van der Waals surface area contributed by atoms with Crippen LogP contribution in [-0.2, 0) is 25.9 Å². The Morgan fingerprint density at radius 3 is 2.13 bits per heavy atom. The van der Waals surface area contributed by atoms with E-state index in [0.29, 0.717) is 6.04 Å². The van der Waals surface area contributed by atoms with E-state index < -0.39 is 0 Å². The zero-order chi connectivity index (χ0) is 38.0. The molecule has 0 N–H and O–H groups in total. The fraction of sp³-hybridized carbons (Fsp3) is 0.383. The van der Waals surface area contributed by atoms with Gasteiger partial charge in [0.05, 0.1) is 27.0 Å². The van der Waals surface area contributed by atoms with Crippen LogP contribution in [0.5, 0.6) is 17.2 Å². The maximum absolute atomic E-state index is 5.79. The number of rotatable bonds is 16. The molecule has 0 atom stereocenters. The summed E-state index contributed by atoms with van der Waals surface area (Å²) in [5.41, 5.74) is 12.1. The van der Waals surface area contributed by atoms with Gasteiger partial charge in [-0.05, 0) is 138 Å². The molecule has 1 aromatic heterocycles. The molecule has 0 spiro atoms. The third-order valence-corrected chi connectivity index (χ3v) is 11.6. The number of pyridine rings is 1. The lowest BCUT2D eigenvalue weighted by molar-refractivity contribution is 0.201. The second kappa shape index (κ2) is 18.7. The number of anilines is 1. The van der Waals surface area contributed by atoms with Crippen molar-refractivity contribution in [2.45, 2.75) is 83.3 Å². The summed E-state index contributed by atoms with van der Waals surface area (Å²) in [4.78, 5) is 11.4. The first-order valence-corrected chi connectivity index (χ1v) is 20.7. The summed E-state index contributed by atoms with van der Waals surface area (Å²) in [6.07, 6.45) is 10.4. The molecule has 1 fully saturated rings. The molecule has 0 amide bonds. The maximum Gasteiger partial charge on any atom is 0.163 e. The molecular weight excluding hydrogens is 687 g/mol. The highest BCUT2D eigenvalue weighted by Gasteiger charge is 2.26. The van der Waals surface area contributed by atoms with Gasteiger partial charge in [-0.25, -0.2) is 0 Å². The summed E-state index contributed by atoms with van der Waals surface area (Å²) in [5, 5.41) is 0. The topological polar surface area (TPSA) is 47.1 Å². The molecule has 1 aliphatic rings. The first kappa shape index (κ1) is 39.2. The van der Waals surface area contributed by atoms with Crippen molar-refractivity contribution in [2.75, 3.05) is 45.6 Å². The van der Waals surface area contributed by atoms with Crippen LogP contribution >= 0.6 is 11.8 Å². The lowest BCUT2D eigenvalue weighted by atomic mass is 9.95. The lowest BCUT2D eigenvalue weighted by Gasteiger charge is -2.40. The van der Waals surface area contributed by atoms with Crippen molar-refractivity contribution in [1.29, 1.82) is 0 Å². The quantitative estimate of drug-likeness (QED) is 0.0933. The highest BCUT2D eigenvalue weighted by atomic mass is 32.2. The molecule has 1 saturated heterocycles. The number of aromatic nitrogens is 1. The van der Waals surface area contributed by atoms with E-state index in [0.717, 1.165) is 98.8 Å². The minimum absolute atomic E-state index is 0.429. The Hall–Kier alpha value is -4.46. The summed E-state index contributed by atoms with van der Waals surface area (Å²) in [6, 6.07) is 31.8. The average molecular weight is 744 g/mol. The van der Waals surface area contributed by atoms with Crippen LogP contribution in [0.1, 0.15) is 67.3 Å². The Balaban J connectivity index is 1.20. The van der Waals surface area contributed by atoms with Gasteiger partial charge in [-0.1, -0.05) is 51.0 Å². The molecular formula is C47H57N3O3S. The fourth-order valence-corrected chi connectivity index (χ4v) is 8.34. The van der Waals surface area contributed by atoms with Crippen LogP contribution in [0.3, 0.4) is 0 Å². The van der Waals surface area contributed by atoms with Crippen LogP contribution in [0.4, 0.5) is 5.69 Å². The van der Waals surface area contributed by atoms with Crippen LogP contribution < -0.4 is 19.1 Å². The van der Waals surface area contributed by atoms with Gasteiger partial charge in [-0.3, -0.25) is 9.88 Å². The molecule has 5 aromatic rings. The van der Waals surface area contributed by atoms with Gasteiger partial charge in [0.1, 0.15) is 5.75 Å². The van der Waals surface area contributed by atoms with Gasteiger partial charge in [0, 0.05) is 54.6 Å². The molecule has 284 valence electrons. The van der Waals surface area contributed by atoms with Gasteiger partial charge in [-0.2, -0.15) is 0 Å². The molecule has 0 saturated carbocycles.